The molecular formula is C10H16ClN3S. The molecule has 15 heavy (non-hydrogen) atoms. The highest BCUT2D eigenvalue weighted by molar-refractivity contribution is 7.14. The van der Waals surface area contributed by atoms with E-state index < -0.39 is 0 Å². The molecule has 1 N–H and O–H groups in total. The number of halogens is 1. The average molecular weight is 246 g/mol. The number of aromatic nitrogens is 1. The molecule has 1 saturated heterocycles. The Hall–Kier alpha value is -0.320. The lowest BCUT2D eigenvalue weighted by atomic mass is 9.94. The normalized spacial score (nSPS) is 27.9. The van der Waals surface area contributed by atoms with E-state index in [0.29, 0.717) is 17.1 Å². The Kier molecular flexibility index (Phi) is 3.49. The molecule has 1 fully saturated rings. The Morgan fingerprint density at radius 3 is 3.07 bits per heavy atom. The molecule has 0 aliphatic carbocycles. The lowest BCUT2D eigenvalue weighted by Crippen LogP contribution is -2.43. The van der Waals surface area contributed by atoms with E-state index in [4.69, 9.17) is 11.6 Å². The van der Waals surface area contributed by atoms with Crippen LogP contribution >= 0.6 is 22.9 Å². The van der Waals surface area contributed by atoms with Crippen LogP contribution in [0.2, 0.25) is 5.15 Å². The van der Waals surface area contributed by atoms with Crippen LogP contribution in [0.15, 0.2) is 5.38 Å². The van der Waals surface area contributed by atoms with E-state index in [0.717, 1.165) is 18.2 Å². The van der Waals surface area contributed by atoms with Crippen molar-refractivity contribution in [2.24, 2.45) is 5.92 Å². The van der Waals surface area contributed by atoms with Crippen LogP contribution in [-0.2, 0) is 0 Å². The van der Waals surface area contributed by atoms with E-state index in [-0.39, 0.29) is 0 Å². The van der Waals surface area contributed by atoms with E-state index >= 15 is 0 Å². The van der Waals surface area contributed by atoms with Gasteiger partial charge in [-0.15, -0.1) is 11.3 Å². The summed E-state index contributed by atoms with van der Waals surface area (Å²) in [6.45, 7) is 4.58. The first-order valence-corrected chi connectivity index (χ1v) is 6.47. The number of nitrogens with zero attached hydrogens (tertiary/aromatic N) is 2. The monoisotopic (exact) mass is 245 g/mol. The highest BCUT2D eigenvalue weighted by Crippen LogP contribution is 2.24. The lowest BCUT2D eigenvalue weighted by Gasteiger charge is -2.35. The number of nitrogens with one attached hydrogen (secondary N) is 1. The van der Waals surface area contributed by atoms with Gasteiger partial charge in [-0.1, -0.05) is 18.5 Å². The Morgan fingerprint density at radius 1 is 1.67 bits per heavy atom. The highest BCUT2D eigenvalue weighted by Gasteiger charge is 2.24. The third-order valence-electron chi connectivity index (χ3n) is 2.89. The van der Waals surface area contributed by atoms with Gasteiger partial charge in [-0.2, -0.15) is 0 Å². The molecule has 2 unspecified atom stereocenters. The van der Waals surface area contributed by atoms with Gasteiger partial charge in [0, 0.05) is 18.0 Å². The van der Waals surface area contributed by atoms with E-state index in [1.54, 1.807) is 11.3 Å². The Labute approximate surface area is 99.5 Å². The SMILES string of the molecule is CC1CN(C)CCC1Nc1nc(Cl)cs1. The summed E-state index contributed by atoms with van der Waals surface area (Å²) in [7, 11) is 2.17. The molecule has 1 aliphatic heterocycles. The van der Waals surface area contributed by atoms with Crippen LogP contribution in [0.3, 0.4) is 0 Å². The second-order valence-electron chi connectivity index (χ2n) is 4.25. The number of likely N-dealkylation sites (tertiary alicyclic amines) is 1. The van der Waals surface area contributed by atoms with Crippen molar-refractivity contribution in [3.05, 3.63) is 10.5 Å². The zero-order valence-electron chi connectivity index (χ0n) is 9.03. The summed E-state index contributed by atoms with van der Waals surface area (Å²) in [5.74, 6) is 0.659. The van der Waals surface area contributed by atoms with Gasteiger partial charge < -0.3 is 10.2 Å². The predicted molar refractivity (Wildman–Crippen MR) is 65.8 cm³/mol. The Bertz CT molecular complexity index is 328. The molecule has 1 aliphatic rings. The maximum Gasteiger partial charge on any atom is 0.184 e. The molecule has 5 heteroatoms. The first-order valence-electron chi connectivity index (χ1n) is 5.21. The second-order valence-corrected chi connectivity index (χ2v) is 5.50. The zero-order valence-corrected chi connectivity index (χ0v) is 10.6. The van der Waals surface area contributed by atoms with Crippen molar-refractivity contribution in [2.75, 3.05) is 25.5 Å². The fourth-order valence-electron chi connectivity index (χ4n) is 2.05. The standard InChI is InChI=1S/C10H16ClN3S/c1-7-5-14(2)4-3-8(7)12-10-13-9(11)6-15-10/h6-8H,3-5H2,1-2H3,(H,12,13). The van der Waals surface area contributed by atoms with Crippen LogP contribution in [0.1, 0.15) is 13.3 Å². The number of hydrogen-bond acceptors (Lipinski definition) is 4. The molecule has 0 radical (unpaired) electrons. The third-order valence-corrected chi connectivity index (χ3v) is 3.99. The summed E-state index contributed by atoms with van der Waals surface area (Å²) >= 11 is 7.37. The molecule has 0 bridgehead atoms. The number of hydrogen-bond donors (Lipinski definition) is 1. The van der Waals surface area contributed by atoms with Crippen molar-refractivity contribution >= 4 is 28.1 Å². The fraction of sp³-hybridized carbons (Fsp3) is 0.700. The largest absolute Gasteiger partial charge is 0.358 e. The molecule has 1 aromatic rings. The van der Waals surface area contributed by atoms with Crippen molar-refractivity contribution < 1.29 is 0 Å². The maximum atomic E-state index is 5.79. The van der Waals surface area contributed by atoms with Crippen molar-refractivity contribution in [3.63, 3.8) is 0 Å². The molecule has 0 aromatic carbocycles. The topological polar surface area (TPSA) is 28.2 Å². The van der Waals surface area contributed by atoms with Crippen molar-refractivity contribution in [2.45, 2.75) is 19.4 Å². The van der Waals surface area contributed by atoms with Crippen LogP contribution in [-0.4, -0.2) is 36.1 Å². The highest BCUT2D eigenvalue weighted by atomic mass is 35.5. The third kappa shape index (κ3) is 2.83. The van der Waals surface area contributed by atoms with Gasteiger partial charge in [0.05, 0.1) is 0 Å². The smallest absolute Gasteiger partial charge is 0.184 e. The second kappa shape index (κ2) is 4.68. The first kappa shape index (κ1) is 11.2. The summed E-state index contributed by atoms with van der Waals surface area (Å²) in [4.78, 5) is 6.59. The molecule has 0 saturated carbocycles. The molecule has 0 amide bonds. The quantitative estimate of drug-likeness (QED) is 0.868. The molecule has 2 atom stereocenters. The van der Waals surface area contributed by atoms with Gasteiger partial charge in [-0.05, 0) is 25.9 Å². The summed E-state index contributed by atoms with van der Waals surface area (Å²) in [6, 6.07) is 0.531. The zero-order chi connectivity index (χ0) is 10.8. The van der Waals surface area contributed by atoms with Gasteiger partial charge in [-0.3, -0.25) is 0 Å². The molecular weight excluding hydrogens is 230 g/mol. The van der Waals surface area contributed by atoms with Crippen LogP contribution in [0, 0.1) is 5.92 Å². The van der Waals surface area contributed by atoms with Gasteiger partial charge in [0.25, 0.3) is 0 Å². The Morgan fingerprint density at radius 2 is 2.47 bits per heavy atom. The molecule has 3 nitrogen and oxygen atoms in total. The van der Waals surface area contributed by atoms with Gasteiger partial charge in [0.15, 0.2) is 5.13 Å². The minimum atomic E-state index is 0.531. The van der Waals surface area contributed by atoms with E-state index in [9.17, 15) is 0 Å². The van der Waals surface area contributed by atoms with E-state index in [2.05, 4.69) is 29.2 Å². The molecule has 84 valence electrons. The van der Waals surface area contributed by atoms with E-state index in [1.807, 2.05) is 5.38 Å². The maximum absolute atomic E-state index is 5.79. The van der Waals surface area contributed by atoms with Crippen molar-refractivity contribution in [1.29, 1.82) is 0 Å². The van der Waals surface area contributed by atoms with Crippen LogP contribution in [0.5, 0.6) is 0 Å². The molecule has 1 aromatic heterocycles. The predicted octanol–water partition coefficient (Wildman–Crippen LogP) is 2.55. The first-order chi connectivity index (χ1) is 7.15. The summed E-state index contributed by atoms with van der Waals surface area (Å²) in [6.07, 6.45) is 1.18. The molecule has 2 rings (SSSR count). The minimum Gasteiger partial charge on any atom is -0.358 e. The van der Waals surface area contributed by atoms with Gasteiger partial charge >= 0.3 is 0 Å². The summed E-state index contributed by atoms with van der Waals surface area (Å²) < 4.78 is 0. The Balaban J connectivity index is 1.94. The lowest BCUT2D eigenvalue weighted by molar-refractivity contribution is 0.206. The number of thiazole rings is 1. The molecule has 0 spiro atoms. The van der Waals surface area contributed by atoms with Crippen LogP contribution in [0.4, 0.5) is 5.13 Å². The van der Waals surface area contributed by atoms with E-state index in [1.165, 1.54) is 6.42 Å². The van der Waals surface area contributed by atoms with Crippen molar-refractivity contribution in [3.8, 4) is 0 Å². The van der Waals surface area contributed by atoms with Gasteiger partial charge in [-0.25, -0.2) is 4.98 Å². The fourth-order valence-corrected chi connectivity index (χ4v) is 2.95. The number of rotatable bonds is 2. The number of piperidine rings is 1. The summed E-state index contributed by atoms with van der Waals surface area (Å²) in [5.41, 5.74) is 0. The summed E-state index contributed by atoms with van der Waals surface area (Å²) in [5, 5.41) is 6.86. The van der Waals surface area contributed by atoms with Crippen LogP contribution in [0.25, 0.3) is 0 Å². The van der Waals surface area contributed by atoms with Gasteiger partial charge in [0.1, 0.15) is 5.15 Å². The van der Waals surface area contributed by atoms with Crippen molar-refractivity contribution in [1.82, 2.24) is 9.88 Å². The number of anilines is 1. The average Bonchev–Trinajstić information content (AvgIpc) is 2.56. The van der Waals surface area contributed by atoms with Crippen LogP contribution < -0.4 is 5.32 Å². The minimum absolute atomic E-state index is 0.531. The molecule has 2 heterocycles. The van der Waals surface area contributed by atoms with Gasteiger partial charge in [0.2, 0.25) is 0 Å².